The minimum Gasteiger partial charge on any atom is -0.465 e. The standard InChI is InChI=1S/C18H28O4S2/c1-4-22-18(19)17(9-7-5-6-8-14-23-3)24(20,21)16-12-10-15(2)11-13-16/h10-13,17H,4-9,14H2,1-3H3. The maximum atomic E-state index is 12.8. The van der Waals surface area contributed by atoms with Crippen molar-refractivity contribution < 1.29 is 17.9 Å². The van der Waals surface area contributed by atoms with E-state index in [4.69, 9.17) is 4.74 Å². The molecule has 0 aliphatic carbocycles. The molecule has 0 radical (unpaired) electrons. The fraction of sp³-hybridized carbons (Fsp3) is 0.611. The summed E-state index contributed by atoms with van der Waals surface area (Å²) in [4.78, 5) is 12.4. The summed E-state index contributed by atoms with van der Waals surface area (Å²) in [6, 6.07) is 6.62. The molecule has 1 unspecified atom stereocenters. The zero-order valence-electron chi connectivity index (χ0n) is 14.8. The van der Waals surface area contributed by atoms with E-state index in [1.54, 1.807) is 31.2 Å². The number of hydrogen-bond acceptors (Lipinski definition) is 5. The van der Waals surface area contributed by atoms with E-state index in [0.29, 0.717) is 12.8 Å². The largest absolute Gasteiger partial charge is 0.465 e. The molecule has 0 saturated heterocycles. The smallest absolute Gasteiger partial charge is 0.324 e. The topological polar surface area (TPSA) is 60.4 Å². The van der Waals surface area contributed by atoms with Crippen LogP contribution in [0.15, 0.2) is 29.2 Å². The second-order valence-electron chi connectivity index (χ2n) is 5.79. The Kier molecular flexibility index (Phi) is 9.44. The van der Waals surface area contributed by atoms with Gasteiger partial charge in [0.15, 0.2) is 15.1 Å². The van der Waals surface area contributed by atoms with Crippen LogP contribution in [-0.2, 0) is 19.4 Å². The van der Waals surface area contributed by atoms with Crippen molar-refractivity contribution in [2.45, 2.75) is 56.1 Å². The number of aryl methyl sites for hydroxylation is 1. The molecule has 1 aromatic carbocycles. The van der Waals surface area contributed by atoms with E-state index >= 15 is 0 Å². The third-order valence-electron chi connectivity index (χ3n) is 3.84. The summed E-state index contributed by atoms with van der Waals surface area (Å²) >= 11 is 1.81. The van der Waals surface area contributed by atoms with Gasteiger partial charge in [0.1, 0.15) is 0 Å². The second-order valence-corrected chi connectivity index (χ2v) is 8.91. The minimum absolute atomic E-state index is 0.187. The van der Waals surface area contributed by atoms with E-state index in [1.165, 1.54) is 0 Å². The van der Waals surface area contributed by atoms with Gasteiger partial charge in [0, 0.05) is 0 Å². The second kappa shape index (κ2) is 10.8. The Morgan fingerprint density at radius 3 is 2.33 bits per heavy atom. The first-order valence-electron chi connectivity index (χ1n) is 8.39. The molecule has 0 aromatic heterocycles. The molecule has 0 fully saturated rings. The Morgan fingerprint density at radius 2 is 1.75 bits per heavy atom. The van der Waals surface area contributed by atoms with Crippen molar-refractivity contribution >= 4 is 27.6 Å². The molecule has 0 saturated carbocycles. The predicted molar refractivity (Wildman–Crippen MR) is 100 cm³/mol. The van der Waals surface area contributed by atoms with Gasteiger partial charge in [0.2, 0.25) is 0 Å². The Labute approximate surface area is 150 Å². The van der Waals surface area contributed by atoms with Gasteiger partial charge in [-0.15, -0.1) is 0 Å². The number of unbranched alkanes of at least 4 members (excludes halogenated alkanes) is 3. The van der Waals surface area contributed by atoms with E-state index < -0.39 is 21.1 Å². The molecule has 0 bridgehead atoms. The van der Waals surface area contributed by atoms with E-state index in [0.717, 1.165) is 30.6 Å². The highest BCUT2D eigenvalue weighted by molar-refractivity contribution is 7.98. The van der Waals surface area contributed by atoms with Crippen molar-refractivity contribution in [1.29, 1.82) is 0 Å². The summed E-state index contributed by atoms with van der Waals surface area (Å²) in [6.45, 7) is 3.77. The number of carbonyl (C=O) groups is 1. The molecule has 6 heteroatoms. The van der Waals surface area contributed by atoms with Crippen LogP contribution in [0.5, 0.6) is 0 Å². The number of hydrogen-bond donors (Lipinski definition) is 0. The van der Waals surface area contributed by atoms with Gasteiger partial charge in [-0.2, -0.15) is 11.8 Å². The van der Waals surface area contributed by atoms with Crippen molar-refractivity contribution in [2.24, 2.45) is 0 Å². The van der Waals surface area contributed by atoms with E-state index in [-0.39, 0.29) is 11.5 Å². The summed E-state index contributed by atoms with van der Waals surface area (Å²) in [5.74, 6) is 0.477. The lowest BCUT2D eigenvalue weighted by atomic mass is 10.1. The van der Waals surface area contributed by atoms with Gasteiger partial charge in [0.05, 0.1) is 11.5 Å². The molecule has 1 rings (SSSR count). The SMILES string of the molecule is CCOC(=O)C(CCCCCCSC)S(=O)(=O)c1ccc(C)cc1. The average molecular weight is 373 g/mol. The molecule has 0 heterocycles. The zero-order valence-corrected chi connectivity index (χ0v) is 16.4. The molecule has 1 atom stereocenters. The highest BCUT2D eigenvalue weighted by atomic mass is 32.2. The van der Waals surface area contributed by atoms with Crippen LogP contribution in [0.3, 0.4) is 0 Å². The molecule has 0 amide bonds. The van der Waals surface area contributed by atoms with Gasteiger partial charge in [-0.3, -0.25) is 4.79 Å². The van der Waals surface area contributed by atoms with Gasteiger partial charge in [-0.25, -0.2) is 8.42 Å². The summed E-state index contributed by atoms with van der Waals surface area (Å²) in [7, 11) is -3.72. The molecule has 1 aromatic rings. The third-order valence-corrected chi connectivity index (χ3v) is 6.64. The van der Waals surface area contributed by atoms with Crippen molar-refractivity contribution in [1.82, 2.24) is 0 Å². The summed E-state index contributed by atoms with van der Waals surface area (Å²) in [6.07, 6.45) is 6.21. The first-order chi connectivity index (χ1) is 11.4. The fourth-order valence-corrected chi connectivity index (χ4v) is 4.59. The Hall–Kier alpha value is -1.01. The maximum absolute atomic E-state index is 12.8. The molecule has 0 spiro atoms. The highest BCUT2D eigenvalue weighted by Crippen LogP contribution is 2.22. The van der Waals surface area contributed by atoms with E-state index in [2.05, 4.69) is 6.26 Å². The Bertz CT molecular complexity index is 594. The zero-order chi connectivity index (χ0) is 18.0. The maximum Gasteiger partial charge on any atom is 0.324 e. The van der Waals surface area contributed by atoms with Crippen LogP contribution in [0.25, 0.3) is 0 Å². The Morgan fingerprint density at radius 1 is 1.12 bits per heavy atom. The van der Waals surface area contributed by atoms with Gasteiger partial charge in [-0.05, 0) is 50.8 Å². The molecule has 4 nitrogen and oxygen atoms in total. The number of esters is 1. The van der Waals surface area contributed by atoms with Crippen LogP contribution in [0.2, 0.25) is 0 Å². The molecule has 136 valence electrons. The number of ether oxygens (including phenoxy) is 1. The van der Waals surface area contributed by atoms with E-state index in [1.807, 2.05) is 18.7 Å². The lowest BCUT2D eigenvalue weighted by Gasteiger charge is -2.16. The normalized spacial score (nSPS) is 12.8. The molecule has 0 aliphatic heterocycles. The number of carbonyl (C=O) groups excluding carboxylic acids is 1. The van der Waals surface area contributed by atoms with Crippen molar-refractivity contribution in [3.05, 3.63) is 29.8 Å². The highest BCUT2D eigenvalue weighted by Gasteiger charge is 2.34. The van der Waals surface area contributed by atoms with Crippen LogP contribution >= 0.6 is 11.8 Å². The predicted octanol–water partition coefficient (Wildman–Crippen LogP) is 4.01. The minimum atomic E-state index is -3.72. The van der Waals surface area contributed by atoms with Crippen LogP contribution in [-0.4, -0.2) is 38.3 Å². The molecular formula is C18H28O4S2. The third kappa shape index (κ3) is 6.48. The Balaban J connectivity index is 2.80. The van der Waals surface area contributed by atoms with Crippen molar-refractivity contribution in [2.75, 3.05) is 18.6 Å². The number of rotatable bonds is 11. The molecule has 0 N–H and O–H groups in total. The number of benzene rings is 1. The lowest BCUT2D eigenvalue weighted by molar-refractivity contribution is -0.142. The summed E-state index contributed by atoms with van der Waals surface area (Å²) in [5, 5.41) is -1.11. The number of thioether (sulfide) groups is 1. The first kappa shape index (κ1) is 21.0. The van der Waals surface area contributed by atoms with Gasteiger partial charge < -0.3 is 4.74 Å². The fourth-order valence-electron chi connectivity index (χ4n) is 2.46. The average Bonchev–Trinajstić information content (AvgIpc) is 2.54. The van der Waals surface area contributed by atoms with Crippen LogP contribution in [0.4, 0.5) is 0 Å². The van der Waals surface area contributed by atoms with Gasteiger partial charge >= 0.3 is 5.97 Å². The van der Waals surface area contributed by atoms with Crippen LogP contribution < -0.4 is 0 Å². The lowest BCUT2D eigenvalue weighted by Crippen LogP contribution is -2.32. The van der Waals surface area contributed by atoms with Crippen LogP contribution in [0.1, 0.15) is 44.6 Å². The van der Waals surface area contributed by atoms with Crippen molar-refractivity contribution in [3.63, 3.8) is 0 Å². The molecule has 0 aliphatic rings. The quantitative estimate of drug-likeness (QED) is 0.434. The summed E-state index contributed by atoms with van der Waals surface area (Å²) in [5.41, 5.74) is 0.982. The summed E-state index contributed by atoms with van der Waals surface area (Å²) < 4.78 is 30.7. The van der Waals surface area contributed by atoms with E-state index in [9.17, 15) is 13.2 Å². The van der Waals surface area contributed by atoms with Gasteiger partial charge in [0.25, 0.3) is 0 Å². The monoisotopic (exact) mass is 372 g/mol. The van der Waals surface area contributed by atoms with Crippen molar-refractivity contribution in [3.8, 4) is 0 Å². The molecule has 24 heavy (non-hydrogen) atoms. The van der Waals surface area contributed by atoms with Gasteiger partial charge in [-0.1, -0.05) is 37.0 Å². The van der Waals surface area contributed by atoms with Crippen LogP contribution in [0, 0.1) is 6.92 Å². The number of sulfone groups is 1. The first-order valence-corrected chi connectivity index (χ1v) is 11.3. The molecular weight excluding hydrogens is 344 g/mol.